The van der Waals surface area contributed by atoms with Gasteiger partial charge in [0.05, 0.1) is 15.2 Å². The Hall–Kier alpha value is -1.54. The lowest BCUT2D eigenvalue weighted by molar-refractivity contribution is -0.115. The van der Waals surface area contributed by atoms with Gasteiger partial charge in [-0.1, -0.05) is 29.8 Å². The van der Waals surface area contributed by atoms with Crippen molar-refractivity contribution in [3.63, 3.8) is 0 Å². The van der Waals surface area contributed by atoms with E-state index in [2.05, 4.69) is 5.32 Å². The predicted octanol–water partition coefficient (Wildman–Crippen LogP) is 3.71. The smallest absolute Gasteiger partial charge is 0.242 e. The molecule has 0 aromatic heterocycles. The summed E-state index contributed by atoms with van der Waals surface area (Å²) in [5.74, 6) is -0.232. The Balaban J connectivity index is 2.12. The minimum Gasteiger partial charge on any atom is -0.325 e. The number of carbonyl (C=O) groups excluding carboxylic acids is 1. The second-order valence-corrected chi connectivity index (χ2v) is 9.44. The van der Waals surface area contributed by atoms with Crippen LogP contribution in [0.4, 0.5) is 5.69 Å². The standard InChI is InChI=1S/C17H19ClN2O3S2/c1-12(24-16-10-5-4-9-15(16)18)17(21)19-13-7-6-8-14(11-13)25(22,23)20(2)3/h4-12H,1-3H3,(H,19,21)/t12-/m0/s1. The molecule has 0 aliphatic heterocycles. The monoisotopic (exact) mass is 398 g/mol. The van der Waals surface area contributed by atoms with E-state index >= 15 is 0 Å². The van der Waals surface area contributed by atoms with Gasteiger partial charge < -0.3 is 5.32 Å². The highest BCUT2D eigenvalue weighted by Crippen LogP contribution is 2.30. The largest absolute Gasteiger partial charge is 0.325 e. The first-order valence-corrected chi connectivity index (χ1v) is 10.2. The lowest BCUT2D eigenvalue weighted by Gasteiger charge is -2.15. The second-order valence-electron chi connectivity index (χ2n) is 5.50. The molecule has 0 aliphatic rings. The summed E-state index contributed by atoms with van der Waals surface area (Å²) >= 11 is 7.45. The minimum absolute atomic E-state index is 0.127. The van der Waals surface area contributed by atoms with Crippen LogP contribution in [0.15, 0.2) is 58.3 Å². The SMILES string of the molecule is C[C@H](Sc1ccccc1Cl)C(=O)Nc1cccc(S(=O)(=O)N(C)C)c1. The van der Waals surface area contributed by atoms with Crippen molar-refractivity contribution in [3.8, 4) is 0 Å². The summed E-state index contributed by atoms with van der Waals surface area (Å²) in [4.78, 5) is 13.3. The summed E-state index contributed by atoms with van der Waals surface area (Å²) in [5, 5.41) is 2.94. The van der Waals surface area contributed by atoms with Crippen LogP contribution < -0.4 is 5.32 Å². The highest BCUT2D eigenvalue weighted by atomic mass is 35.5. The maximum Gasteiger partial charge on any atom is 0.242 e. The molecule has 1 N–H and O–H groups in total. The summed E-state index contributed by atoms with van der Waals surface area (Å²) in [6.45, 7) is 1.77. The number of thioether (sulfide) groups is 1. The van der Waals surface area contributed by atoms with Gasteiger partial charge in [-0.2, -0.15) is 0 Å². The Morgan fingerprint density at radius 2 is 1.84 bits per heavy atom. The molecule has 2 rings (SSSR count). The molecule has 0 bridgehead atoms. The molecular weight excluding hydrogens is 380 g/mol. The van der Waals surface area contributed by atoms with E-state index < -0.39 is 15.3 Å². The number of hydrogen-bond acceptors (Lipinski definition) is 4. The molecule has 0 unspecified atom stereocenters. The second kappa shape index (κ2) is 8.23. The average Bonchev–Trinajstić information content (AvgIpc) is 2.57. The number of anilines is 1. The van der Waals surface area contributed by atoms with Crippen molar-refractivity contribution in [1.82, 2.24) is 4.31 Å². The number of hydrogen-bond donors (Lipinski definition) is 1. The third-order valence-electron chi connectivity index (χ3n) is 3.39. The summed E-state index contributed by atoms with van der Waals surface area (Å²) in [6.07, 6.45) is 0. The van der Waals surface area contributed by atoms with Crippen molar-refractivity contribution < 1.29 is 13.2 Å². The molecule has 0 spiro atoms. The molecule has 2 aromatic carbocycles. The van der Waals surface area contributed by atoms with Crippen molar-refractivity contribution in [1.29, 1.82) is 0 Å². The number of halogens is 1. The first-order chi connectivity index (χ1) is 11.7. The molecule has 8 heteroatoms. The number of benzene rings is 2. The Kier molecular flexibility index (Phi) is 6.51. The molecule has 0 radical (unpaired) electrons. The summed E-state index contributed by atoms with van der Waals surface area (Å²) in [5.41, 5.74) is 0.430. The van der Waals surface area contributed by atoms with Crippen molar-refractivity contribution in [2.24, 2.45) is 0 Å². The van der Waals surface area contributed by atoms with E-state index in [-0.39, 0.29) is 10.8 Å². The highest BCUT2D eigenvalue weighted by Gasteiger charge is 2.19. The number of carbonyl (C=O) groups is 1. The van der Waals surface area contributed by atoms with E-state index in [1.807, 2.05) is 18.2 Å². The van der Waals surface area contributed by atoms with Gasteiger partial charge in [-0.05, 0) is 37.3 Å². The van der Waals surface area contributed by atoms with E-state index in [1.165, 1.54) is 38.0 Å². The topological polar surface area (TPSA) is 66.5 Å². The van der Waals surface area contributed by atoms with Gasteiger partial charge in [0.25, 0.3) is 0 Å². The van der Waals surface area contributed by atoms with Gasteiger partial charge in [0.1, 0.15) is 0 Å². The third kappa shape index (κ3) is 4.98. The van der Waals surface area contributed by atoms with Gasteiger partial charge in [0, 0.05) is 24.7 Å². The fourth-order valence-corrected chi connectivity index (χ4v) is 4.08. The van der Waals surface area contributed by atoms with Crippen LogP contribution in [0.25, 0.3) is 0 Å². The van der Waals surface area contributed by atoms with E-state index in [1.54, 1.807) is 25.1 Å². The average molecular weight is 399 g/mol. The predicted molar refractivity (Wildman–Crippen MR) is 103 cm³/mol. The van der Waals surface area contributed by atoms with Crippen LogP contribution in [-0.4, -0.2) is 38.0 Å². The molecule has 0 aliphatic carbocycles. The number of nitrogens with one attached hydrogen (secondary N) is 1. The molecule has 2 aromatic rings. The number of nitrogens with zero attached hydrogens (tertiary/aromatic N) is 1. The fraction of sp³-hybridized carbons (Fsp3) is 0.235. The van der Waals surface area contributed by atoms with Crippen LogP contribution in [0.3, 0.4) is 0 Å². The van der Waals surface area contributed by atoms with Gasteiger partial charge in [-0.25, -0.2) is 12.7 Å². The van der Waals surface area contributed by atoms with Crippen molar-refractivity contribution in [3.05, 3.63) is 53.6 Å². The summed E-state index contributed by atoms with van der Waals surface area (Å²) < 4.78 is 25.5. The molecule has 0 saturated heterocycles. The lowest BCUT2D eigenvalue weighted by Crippen LogP contribution is -2.24. The molecule has 0 saturated carbocycles. The Morgan fingerprint density at radius 3 is 2.48 bits per heavy atom. The lowest BCUT2D eigenvalue weighted by atomic mass is 10.3. The molecule has 134 valence electrons. The van der Waals surface area contributed by atoms with E-state index in [9.17, 15) is 13.2 Å². The van der Waals surface area contributed by atoms with Crippen LogP contribution in [0.2, 0.25) is 5.02 Å². The van der Waals surface area contributed by atoms with Gasteiger partial charge in [-0.3, -0.25) is 4.79 Å². The number of amides is 1. The van der Waals surface area contributed by atoms with Crippen LogP contribution >= 0.6 is 23.4 Å². The van der Waals surface area contributed by atoms with Crippen LogP contribution in [0, 0.1) is 0 Å². The molecular formula is C17H19ClN2O3S2. The van der Waals surface area contributed by atoms with Gasteiger partial charge >= 0.3 is 0 Å². The third-order valence-corrected chi connectivity index (χ3v) is 6.82. The van der Waals surface area contributed by atoms with Crippen LogP contribution in [-0.2, 0) is 14.8 Å². The molecule has 1 atom stereocenters. The fourth-order valence-electron chi connectivity index (χ4n) is 1.97. The zero-order valence-electron chi connectivity index (χ0n) is 14.1. The first-order valence-electron chi connectivity index (χ1n) is 7.46. The maximum absolute atomic E-state index is 12.4. The van der Waals surface area contributed by atoms with Gasteiger partial charge in [0.2, 0.25) is 15.9 Å². The maximum atomic E-state index is 12.4. The molecule has 0 heterocycles. The van der Waals surface area contributed by atoms with E-state index in [0.717, 1.165) is 9.20 Å². The number of sulfonamides is 1. The zero-order chi connectivity index (χ0) is 18.6. The molecule has 25 heavy (non-hydrogen) atoms. The quantitative estimate of drug-likeness (QED) is 0.753. The number of rotatable bonds is 6. The Morgan fingerprint density at radius 1 is 1.16 bits per heavy atom. The minimum atomic E-state index is -3.55. The van der Waals surface area contributed by atoms with E-state index in [4.69, 9.17) is 11.6 Å². The van der Waals surface area contributed by atoms with Crippen molar-refractivity contribution in [2.75, 3.05) is 19.4 Å². The molecule has 0 fully saturated rings. The van der Waals surface area contributed by atoms with Crippen LogP contribution in [0.5, 0.6) is 0 Å². The zero-order valence-corrected chi connectivity index (χ0v) is 16.5. The highest BCUT2D eigenvalue weighted by molar-refractivity contribution is 8.00. The van der Waals surface area contributed by atoms with Crippen LogP contribution in [0.1, 0.15) is 6.92 Å². The van der Waals surface area contributed by atoms with E-state index in [0.29, 0.717) is 10.7 Å². The van der Waals surface area contributed by atoms with Gasteiger partial charge in [0.15, 0.2) is 0 Å². The Bertz CT molecular complexity index is 870. The molecule has 5 nitrogen and oxygen atoms in total. The summed E-state index contributed by atoms with van der Waals surface area (Å²) in [7, 11) is -0.628. The normalized spacial score (nSPS) is 12.8. The Labute approximate surface area is 157 Å². The first kappa shape index (κ1) is 19.8. The van der Waals surface area contributed by atoms with Crippen molar-refractivity contribution >= 4 is 45.0 Å². The van der Waals surface area contributed by atoms with Crippen molar-refractivity contribution in [2.45, 2.75) is 22.0 Å². The molecule has 1 amide bonds. The van der Waals surface area contributed by atoms with Gasteiger partial charge in [-0.15, -0.1) is 11.8 Å². The summed E-state index contributed by atoms with van der Waals surface area (Å²) in [6, 6.07) is 13.5.